The predicted octanol–water partition coefficient (Wildman–Crippen LogP) is 3.17. The van der Waals surface area contributed by atoms with E-state index in [9.17, 15) is 13.2 Å². The second kappa shape index (κ2) is 5.92. The zero-order valence-corrected chi connectivity index (χ0v) is 10.6. The molecule has 2 aromatic rings. The van der Waals surface area contributed by atoms with Gasteiger partial charge in [0.25, 0.3) is 0 Å². The summed E-state index contributed by atoms with van der Waals surface area (Å²) in [5.74, 6) is 0.193. The molecule has 0 aliphatic rings. The van der Waals surface area contributed by atoms with Gasteiger partial charge in [0.05, 0.1) is 5.56 Å². The fourth-order valence-corrected chi connectivity index (χ4v) is 1.76. The van der Waals surface area contributed by atoms with Crippen LogP contribution >= 0.6 is 0 Å². The Hall–Kier alpha value is -2.08. The summed E-state index contributed by atoms with van der Waals surface area (Å²) in [6, 6.07) is 9.47. The Morgan fingerprint density at radius 2 is 1.85 bits per heavy atom. The Balaban J connectivity index is 2.07. The van der Waals surface area contributed by atoms with E-state index >= 15 is 0 Å². The molecule has 2 rings (SSSR count). The van der Waals surface area contributed by atoms with E-state index in [-0.39, 0.29) is 5.82 Å². The molecule has 6 heteroatoms. The Bertz CT molecular complexity index is 582. The van der Waals surface area contributed by atoms with Crippen LogP contribution in [-0.4, -0.2) is 4.98 Å². The van der Waals surface area contributed by atoms with Crippen molar-refractivity contribution >= 4 is 5.82 Å². The molecule has 3 nitrogen and oxygen atoms in total. The third-order valence-corrected chi connectivity index (χ3v) is 2.79. The van der Waals surface area contributed by atoms with Crippen molar-refractivity contribution in [3.05, 3.63) is 59.3 Å². The number of aromatic nitrogens is 1. The molecule has 0 unspecified atom stereocenters. The molecule has 0 aliphatic heterocycles. The fraction of sp³-hybridized carbons (Fsp3) is 0.214. The van der Waals surface area contributed by atoms with Crippen LogP contribution in [0.5, 0.6) is 0 Å². The number of benzene rings is 1. The van der Waals surface area contributed by atoms with Crippen LogP contribution in [0.25, 0.3) is 0 Å². The number of nitrogens with two attached hydrogens (primary N) is 1. The highest BCUT2D eigenvalue weighted by molar-refractivity contribution is 5.39. The molecule has 1 aromatic heterocycles. The molecule has 0 saturated heterocycles. The molecule has 1 heterocycles. The number of rotatable bonds is 4. The quantitative estimate of drug-likeness (QED) is 0.905. The molecule has 20 heavy (non-hydrogen) atoms. The predicted molar refractivity (Wildman–Crippen MR) is 70.9 cm³/mol. The number of alkyl halides is 3. The Morgan fingerprint density at radius 1 is 1.10 bits per heavy atom. The van der Waals surface area contributed by atoms with E-state index in [1.165, 1.54) is 0 Å². The van der Waals surface area contributed by atoms with Gasteiger partial charge in [0, 0.05) is 19.3 Å². The van der Waals surface area contributed by atoms with Gasteiger partial charge in [-0.15, -0.1) is 0 Å². The topological polar surface area (TPSA) is 50.9 Å². The summed E-state index contributed by atoms with van der Waals surface area (Å²) in [4.78, 5) is 3.87. The normalized spacial score (nSPS) is 11.4. The third-order valence-electron chi connectivity index (χ3n) is 2.79. The first kappa shape index (κ1) is 14.3. The average molecular weight is 281 g/mol. The van der Waals surface area contributed by atoms with E-state index in [0.29, 0.717) is 13.1 Å². The highest BCUT2D eigenvalue weighted by atomic mass is 19.4. The number of hydrogen-bond donors (Lipinski definition) is 2. The Kier molecular flexibility index (Phi) is 4.24. The maximum absolute atomic E-state index is 12.6. The maximum atomic E-state index is 12.6. The van der Waals surface area contributed by atoms with Gasteiger partial charge in [0.1, 0.15) is 5.82 Å². The average Bonchev–Trinajstić information content (AvgIpc) is 2.45. The first-order valence-electron chi connectivity index (χ1n) is 6.04. The summed E-state index contributed by atoms with van der Waals surface area (Å²) in [5, 5.41) is 2.87. The number of anilines is 1. The molecular formula is C14H14F3N3. The standard InChI is InChI=1S/C14H14F3N3/c15-14(16,17)12-4-5-19-13(7-12)20-9-11-3-1-2-10(6-11)8-18/h1-7H,8-9,18H2,(H,19,20). The van der Waals surface area contributed by atoms with Crippen molar-refractivity contribution in [2.75, 3.05) is 5.32 Å². The minimum absolute atomic E-state index is 0.193. The van der Waals surface area contributed by atoms with Crippen molar-refractivity contribution in [2.24, 2.45) is 5.73 Å². The van der Waals surface area contributed by atoms with Gasteiger partial charge in [-0.3, -0.25) is 0 Å². The lowest BCUT2D eigenvalue weighted by Crippen LogP contribution is -2.08. The fourth-order valence-electron chi connectivity index (χ4n) is 1.76. The highest BCUT2D eigenvalue weighted by Crippen LogP contribution is 2.29. The summed E-state index contributed by atoms with van der Waals surface area (Å²) in [7, 11) is 0. The van der Waals surface area contributed by atoms with Gasteiger partial charge in [-0.05, 0) is 23.3 Å². The monoisotopic (exact) mass is 281 g/mol. The highest BCUT2D eigenvalue weighted by Gasteiger charge is 2.30. The molecule has 0 radical (unpaired) electrons. The lowest BCUT2D eigenvalue weighted by atomic mass is 10.1. The van der Waals surface area contributed by atoms with E-state index in [2.05, 4.69) is 10.3 Å². The Morgan fingerprint density at radius 3 is 2.55 bits per heavy atom. The first-order chi connectivity index (χ1) is 9.49. The third kappa shape index (κ3) is 3.71. The van der Waals surface area contributed by atoms with Crippen molar-refractivity contribution in [1.82, 2.24) is 4.98 Å². The second-order valence-electron chi connectivity index (χ2n) is 4.31. The van der Waals surface area contributed by atoms with Gasteiger partial charge in [0.15, 0.2) is 0 Å². The molecule has 3 N–H and O–H groups in total. The second-order valence-corrected chi connectivity index (χ2v) is 4.31. The van der Waals surface area contributed by atoms with Gasteiger partial charge in [-0.25, -0.2) is 4.98 Å². The molecule has 0 saturated carbocycles. The van der Waals surface area contributed by atoms with Crippen LogP contribution in [0, 0.1) is 0 Å². The van der Waals surface area contributed by atoms with Crippen molar-refractivity contribution in [3.63, 3.8) is 0 Å². The molecule has 0 bridgehead atoms. The molecule has 0 spiro atoms. The lowest BCUT2D eigenvalue weighted by Gasteiger charge is -2.10. The van der Waals surface area contributed by atoms with Crippen molar-refractivity contribution < 1.29 is 13.2 Å². The Labute approximate surface area is 114 Å². The summed E-state index contributed by atoms with van der Waals surface area (Å²) in [6.07, 6.45) is -3.22. The largest absolute Gasteiger partial charge is 0.416 e. The van der Waals surface area contributed by atoms with E-state index in [1.807, 2.05) is 24.3 Å². The molecule has 0 amide bonds. The number of halogens is 3. The number of nitrogens with zero attached hydrogens (tertiary/aromatic N) is 1. The minimum Gasteiger partial charge on any atom is -0.366 e. The van der Waals surface area contributed by atoms with E-state index in [1.54, 1.807) is 0 Å². The number of nitrogens with one attached hydrogen (secondary N) is 1. The van der Waals surface area contributed by atoms with Gasteiger partial charge in [-0.2, -0.15) is 13.2 Å². The number of hydrogen-bond acceptors (Lipinski definition) is 3. The van der Waals surface area contributed by atoms with Gasteiger partial charge in [-0.1, -0.05) is 24.3 Å². The van der Waals surface area contributed by atoms with Crippen LogP contribution in [-0.2, 0) is 19.3 Å². The van der Waals surface area contributed by atoms with Crippen LogP contribution in [0.4, 0.5) is 19.0 Å². The molecule has 106 valence electrons. The van der Waals surface area contributed by atoms with Crippen LogP contribution < -0.4 is 11.1 Å². The van der Waals surface area contributed by atoms with E-state index < -0.39 is 11.7 Å². The summed E-state index contributed by atoms with van der Waals surface area (Å²) >= 11 is 0. The SMILES string of the molecule is NCc1cccc(CNc2cc(C(F)(F)F)ccn2)c1. The van der Waals surface area contributed by atoms with Crippen molar-refractivity contribution in [1.29, 1.82) is 0 Å². The molecule has 0 fully saturated rings. The molecule has 0 aliphatic carbocycles. The molecular weight excluding hydrogens is 267 g/mol. The zero-order chi connectivity index (χ0) is 14.6. The van der Waals surface area contributed by atoms with Crippen LogP contribution in [0.2, 0.25) is 0 Å². The van der Waals surface area contributed by atoms with Gasteiger partial charge >= 0.3 is 6.18 Å². The maximum Gasteiger partial charge on any atom is 0.416 e. The van der Waals surface area contributed by atoms with Crippen LogP contribution in [0.3, 0.4) is 0 Å². The van der Waals surface area contributed by atoms with Crippen molar-refractivity contribution in [2.45, 2.75) is 19.3 Å². The number of pyridine rings is 1. The summed E-state index contributed by atoms with van der Waals surface area (Å²) in [5.41, 5.74) is 6.73. The first-order valence-corrected chi connectivity index (χ1v) is 6.04. The summed E-state index contributed by atoms with van der Waals surface area (Å²) < 4.78 is 37.7. The lowest BCUT2D eigenvalue weighted by molar-refractivity contribution is -0.137. The summed E-state index contributed by atoms with van der Waals surface area (Å²) in [6.45, 7) is 0.817. The van der Waals surface area contributed by atoms with Crippen LogP contribution in [0.1, 0.15) is 16.7 Å². The molecule has 1 aromatic carbocycles. The van der Waals surface area contributed by atoms with Crippen LogP contribution in [0.15, 0.2) is 42.6 Å². The smallest absolute Gasteiger partial charge is 0.366 e. The van der Waals surface area contributed by atoms with E-state index in [4.69, 9.17) is 5.73 Å². The van der Waals surface area contributed by atoms with Gasteiger partial charge in [0.2, 0.25) is 0 Å². The molecule has 0 atom stereocenters. The van der Waals surface area contributed by atoms with E-state index in [0.717, 1.165) is 29.5 Å². The minimum atomic E-state index is -4.36. The zero-order valence-electron chi connectivity index (χ0n) is 10.6. The van der Waals surface area contributed by atoms with Gasteiger partial charge < -0.3 is 11.1 Å². The van der Waals surface area contributed by atoms with Crippen molar-refractivity contribution in [3.8, 4) is 0 Å².